The highest BCUT2D eigenvalue weighted by Gasteiger charge is 2.33. The van der Waals surface area contributed by atoms with Gasteiger partial charge < -0.3 is 20.1 Å². The van der Waals surface area contributed by atoms with Crippen LogP contribution in [0.2, 0.25) is 5.72 Å². The van der Waals surface area contributed by atoms with Crippen LogP contribution in [0, 0.1) is 0 Å². The summed E-state index contributed by atoms with van der Waals surface area (Å²) in [4.78, 5) is 0. The van der Waals surface area contributed by atoms with E-state index in [0.29, 0.717) is 6.42 Å². The molecule has 0 rings (SSSR count). The Morgan fingerprint density at radius 1 is 0.706 bits per heavy atom. The fourth-order valence-electron chi connectivity index (χ4n) is 1.97. The molecule has 0 unspecified atom stereocenters. The second kappa shape index (κ2) is 11.1. The Bertz CT molecular complexity index is 160. The van der Waals surface area contributed by atoms with E-state index in [4.69, 9.17) is 20.1 Å². The van der Waals surface area contributed by atoms with Gasteiger partial charge in [-0.15, -0.1) is 0 Å². The zero-order chi connectivity index (χ0) is 13.1. The highest BCUT2D eigenvalue weighted by atomic mass is 16.4. The number of hydrogen-bond acceptors (Lipinski definition) is 4. The van der Waals surface area contributed by atoms with E-state index in [1.54, 1.807) is 0 Å². The second-order valence-corrected chi connectivity index (χ2v) is 4.75. The van der Waals surface area contributed by atoms with E-state index in [9.17, 15) is 0 Å². The zero-order valence-corrected chi connectivity index (χ0v) is 10.9. The Morgan fingerprint density at radius 3 is 1.53 bits per heavy atom. The third-order valence-electron chi connectivity index (χ3n) is 3.16. The average molecular weight is 244 g/mol. The normalized spacial score (nSPS) is 10.9. The Labute approximate surface area is 105 Å². The maximum Gasteiger partial charge on any atom is 0.452 e. The van der Waals surface area contributed by atoms with Crippen LogP contribution in [0.15, 0.2) is 0 Å². The van der Waals surface area contributed by atoms with Crippen molar-refractivity contribution in [3.8, 4) is 0 Å². The molecule has 0 aliphatic rings. The quantitative estimate of drug-likeness (QED) is 0.327. The van der Waals surface area contributed by atoms with Gasteiger partial charge in [0.25, 0.3) is 0 Å². The van der Waals surface area contributed by atoms with E-state index in [1.807, 2.05) is 0 Å². The van der Waals surface area contributed by atoms with Crippen LogP contribution in [-0.2, 0) is 0 Å². The minimum atomic E-state index is -1.64. The van der Waals surface area contributed by atoms with Gasteiger partial charge in [-0.1, -0.05) is 64.7 Å². The summed E-state index contributed by atoms with van der Waals surface area (Å²) < 4.78 is 0. The third kappa shape index (κ3) is 9.65. The van der Waals surface area contributed by atoms with Crippen molar-refractivity contribution in [2.75, 3.05) is 0 Å². The molecule has 0 aromatic rings. The summed E-state index contributed by atoms with van der Waals surface area (Å²) in [5.74, 6) is 0. The lowest BCUT2D eigenvalue weighted by molar-refractivity contribution is 0.351. The van der Waals surface area contributed by atoms with E-state index in [0.717, 1.165) is 19.3 Å². The molecule has 0 saturated heterocycles. The van der Waals surface area contributed by atoms with Crippen molar-refractivity contribution in [3.05, 3.63) is 0 Å². The fourth-order valence-corrected chi connectivity index (χ4v) is 1.97. The van der Waals surface area contributed by atoms with Crippen molar-refractivity contribution in [2.24, 2.45) is 0 Å². The standard InChI is InChI=1S/C11H26B2O4/c1-2-3-4-5-6-7-8-9-10-11(12(14)15)13(16)17/h11,14-17H,2-10H2,1H3. The Balaban J connectivity index is 3.37. The van der Waals surface area contributed by atoms with Gasteiger partial charge in [-0.2, -0.15) is 0 Å². The first-order valence-corrected chi connectivity index (χ1v) is 6.81. The van der Waals surface area contributed by atoms with Crippen LogP contribution in [-0.4, -0.2) is 34.3 Å². The predicted octanol–water partition coefficient (Wildman–Crippen LogP) is 1.37. The van der Waals surface area contributed by atoms with Crippen molar-refractivity contribution in [1.29, 1.82) is 0 Å². The van der Waals surface area contributed by atoms with Gasteiger partial charge in [-0.05, 0) is 0 Å². The molecule has 0 atom stereocenters. The maximum atomic E-state index is 8.92. The topological polar surface area (TPSA) is 80.9 Å². The van der Waals surface area contributed by atoms with Crippen molar-refractivity contribution >= 4 is 14.2 Å². The van der Waals surface area contributed by atoms with E-state index in [1.165, 1.54) is 32.1 Å². The molecule has 4 nitrogen and oxygen atoms in total. The summed E-state index contributed by atoms with van der Waals surface area (Å²) in [6, 6.07) is 0. The van der Waals surface area contributed by atoms with Crippen LogP contribution in [0.1, 0.15) is 64.7 Å². The molecule has 0 radical (unpaired) electrons. The van der Waals surface area contributed by atoms with Gasteiger partial charge in [0, 0.05) is 5.72 Å². The summed E-state index contributed by atoms with van der Waals surface area (Å²) in [6.07, 6.45) is 9.75. The Hall–Kier alpha value is -0.0301. The van der Waals surface area contributed by atoms with Crippen molar-refractivity contribution < 1.29 is 20.1 Å². The van der Waals surface area contributed by atoms with Crippen molar-refractivity contribution in [2.45, 2.75) is 70.4 Å². The molecule has 0 spiro atoms. The minimum absolute atomic E-state index is 0.449. The minimum Gasteiger partial charge on any atom is -0.427 e. The van der Waals surface area contributed by atoms with Gasteiger partial charge in [-0.25, -0.2) is 0 Å². The number of hydrogen-bond donors (Lipinski definition) is 4. The van der Waals surface area contributed by atoms with E-state index >= 15 is 0 Å². The lowest BCUT2D eigenvalue weighted by Crippen LogP contribution is -2.33. The highest BCUT2D eigenvalue weighted by Crippen LogP contribution is 2.19. The molecule has 100 valence electrons. The maximum absolute atomic E-state index is 8.92. The van der Waals surface area contributed by atoms with Crippen LogP contribution in [0.4, 0.5) is 0 Å². The number of rotatable bonds is 11. The SMILES string of the molecule is CCCCCCCCCCC(B(O)O)B(O)O. The first kappa shape index (κ1) is 17.0. The first-order chi connectivity index (χ1) is 8.09. The van der Waals surface area contributed by atoms with Crippen LogP contribution in [0.5, 0.6) is 0 Å². The van der Waals surface area contributed by atoms with Crippen LogP contribution < -0.4 is 0 Å². The Kier molecular flexibility index (Phi) is 11.1. The molecule has 17 heavy (non-hydrogen) atoms. The van der Waals surface area contributed by atoms with Gasteiger partial charge in [-0.3, -0.25) is 0 Å². The van der Waals surface area contributed by atoms with Crippen molar-refractivity contribution in [3.63, 3.8) is 0 Å². The van der Waals surface area contributed by atoms with Gasteiger partial charge in [0.05, 0.1) is 0 Å². The van der Waals surface area contributed by atoms with E-state index < -0.39 is 20.0 Å². The third-order valence-corrected chi connectivity index (χ3v) is 3.16. The summed E-state index contributed by atoms with van der Waals surface area (Å²) in [5.41, 5.74) is -0.838. The molecule has 0 saturated carbocycles. The molecule has 0 heterocycles. The van der Waals surface area contributed by atoms with Gasteiger partial charge in [0.15, 0.2) is 0 Å². The molecule has 0 aliphatic carbocycles. The van der Waals surface area contributed by atoms with Crippen molar-refractivity contribution in [1.82, 2.24) is 0 Å². The summed E-state index contributed by atoms with van der Waals surface area (Å²) in [7, 11) is -3.28. The van der Waals surface area contributed by atoms with E-state index in [-0.39, 0.29) is 0 Å². The Morgan fingerprint density at radius 2 is 1.12 bits per heavy atom. The largest absolute Gasteiger partial charge is 0.452 e. The van der Waals surface area contributed by atoms with Gasteiger partial charge >= 0.3 is 14.2 Å². The smallest absolute Gasteiger partial charge is 0.427 e. The molecule has 0 amide bonds. The highest BCUT2D eigenvalue weighted by molar-refractivity contribution is 6.64. The zero-order valence-electron chi connectivity index (χ0n) is 10.9. The van der Waals surface area contributed by atoms with Crippen LogP contribution in [0.25, 0.3) is 0 Å². The van der Waals surface area contributed by atoms with Crippen LogP contribution in [0.3, 0.4) is 0 Å². The lowest BCUT2D eigenvalue weighted by atomic mass is 9.51. The predicted molar refractivity (Wildman–Crippen MR) is 71.4 cm³/mol. The first-order valence-electron chi connectivity index (χ1n) is 6.81. The molecule has 6 heteroatoms. The lowest BCUT2D eigenvalue weighted by Gasteiger charge is -2.13. The monoisotopic (exact) mass is 244 g/mol. The molecule has 0 bridgehead atoms. The van der Waals surface area contributed by atoms with E-state index in [2.05, 4.69) is 6.92 Å². The van der Waals surface area contributed by atoms with Crippen LogP contribution >= 0.6 is 0 Å². The average Bonchev–Trinajstić information content (AvgIpc) is 2.26. The molecule has 0 aromatic carbocycles. The molecular formula is C11H26B2O4. The number of unbranched alkanes of at least 4 members (excludes halogenated alkanes) is 7. The molecule has 0 aromatic heterocycles. The van der Waals surface area contributed by atoms with Gasteiger partial charge in [0.2, 0.25) is 0 Å². The summed E-state index contributed by atoms with van der Waals surface area (Å²) in [6.45, 7) is 2.19. The summed E-state index contributed by atoms with van der Waals surface area (Å²) >= 11 is 0. The molecule has 4 N–H and O–H groups in total. The molecular weight excluding hydrogens is 218 g/mol. The second-order valence-electron chi connectivity index (χ2n) is 4.75. The van der Waals surface area contributed by atoms with Gasteiger partial charge in [0.1, 0.15) is 0 Å². The molecule has 0 fully saturated rings. The fraction of sp³-hybridized carbons (Fsp3) is 1.00. The summed E-state index contributed by atoms with van der Waals surface area (Å²) in [5, 5.41) is 35.7. The molecule has 0 aliphatic heterocycles.